The molecule has 2 aromatic rings. The molecule has 0 saturated heterocycles. The second-order valence-corrected chi connectivity index (χ2v) is 4.77. The zero-order chi connectivity index (χ0) is 13.8. The molecule has 4 rings (SSSR count). The van der Waals surface area contributed by atoms with Crippen molar-refractivity contribution in [1.82, 2.24) is 0 Å². The van der Waals surface area contributed by atoms with E-state index in [2.05, 4.69) is 48.6 Å². The van der Waals surface area contributed by atoms with E-state index in [1.54, 1.807) is 7.11 Å². The fraction of sp³-hybridized carbons (Fsp3) is 0.158. The molecule has 0 fully saturated rings. The average Bonchev–Trinajstić information content (AvgIpc) is 3.17. The van der Waals surface area contributed by atoms with Crippen LogP contribution in [0.1, 0.15) is 17.5 Å². The van der Waals surface area contributed by atoms with E-state index in [1.165, 1.54) is 22.3 Å². The van der Waals surface area contributed by atoms with Crippen molar-refractivity contribution in [2.24, 2.45) is 0 Å². The predicted molar refractivity (Wildman–Crippen MR) is 81.6 cm³/mol. The van der Waals surface area contributed by atoms with Crippen LogP contribution in [0.25, 0.3) is 11.1 Å². The summed E-state index contributed by atoms with van der Waals surface area (Å²) >= 11 is 0. The van der Waals surface area contributed by atoms with Gasteiger partial charge in [0.2, 0.25) is 0 Å². The first kappa shape index (κ1) is 16.0. The van der Waals surface area contributed by atoms with Gasteiger partial charge in [-0.25, -0.2) is 12.2 Å². The minimum Gasteiger partial charge on any atom is -0.554 e. The van der Waals surface area contributed by atoms with Crippen LogP contribution in [0, 0.1) is 12.1 Å². The van der Waals surface area contributed by atoms with E-state index < -0.39 is 0 Å². The first-order valence-electron chi connectivity index (χ1n) is 6.77. The Balaban J connectivity index is 0.000000231. The minimum absolute atomic E-state index is 0. The Kier molecular flexibility index (Phi) is 5.76. The summed E-state index contributed by atoms with van der Waals surface area (Å²) in [6, 6.07) is 15.8. The average molecular weight is 352 g/mol. The van der Waals surface area contributed by atoms with Gasteiger partial charge in [0.25, 0.3) is 0 Å². The number of benzene rings is 2. The van der Waals surface area contributed by atoms with E-state index in [0.29, 0.717) is 0 Å². The molecule has 0 spiro atoms. The topological polar surface area (TPSA) is 9.23 Å². The molecule has 0 heterocycles. The van der Waals surface area contributed by atoms with E-state index in [4.69, 9.17) is 4.74 Å². The van der Waals surface area contributed by atoms with Gasteiger partial charge in [0.1, 0.15) is 0 Å². The van der Waals surface area contributed by atoms with E-state index in [9.17, 15) is 0 Å². The predicted octanol–water partition coefficient (Wildman–Crippen LogP) is 4.37. The van der Waals surface area contributed by atoms with Crippen molar-refractivity contribution < 1.29 is 30.9 Å². The fourth-order valence-corrected chi connectivity index (χ4v) is 2.48. The number of methoxy groups -OCH3 is 1. The molecule has 0 bridgehead atoms. The van der Waals surface area contributed by atoms with Crippen molar-refractivity contribution in [2.75, 3.05) is 7.11 Å². The molecule has 102 valence electrons. The third-order valence-corrected chi connectivity index (χ3v) is 3.50. The molecule has 21 heavy (non-hydrogen) atoms. The molecule has 2 heteroatoms. The molecule has 0 atom stereocenters. The van der Waals surface area contributed by atoms with Gasteiger partial charge >= 0.3 is 26.2 Å². The summed E-state index contributed by atoms with van der Waals surface area (Å²) in [5, 5.41) is 0. The molecule has 0 unspecified atom stereocenters. The molecule has 1 nitrogen and oxygen atoms in total. The zero-order valence-electron chi connectivity index (χ0n) is 12.0. The van der Waals surface area contributed by atoms with Crippen LogP contribution < -0.4 is 4.74 Å². The van der Waals surface area contributed by atoms with Gasteiger partial charge in [-0.3, -0.25) is 6.08 Å². The monoisotopic (exact) mass is 350 g/mol. The zero-order valence-corrected chi connectivity index (χ0v) is 14.5. The van der Waals surface area contributed by atoms with Crippen LogP contribution in [-0.4, -0.2) is 7.11 Å². The summed E-state index contributed by atoms with van der Waals surface area (Å²) in [6.07, 6.45) is 11.0. The number of fused-ring (bicyclic) bond motifs is 3. The first-order valence-corrected chi connectivity index (χ1v) is 6.77. The molecule has 2 aliphatic rings. The molecule has 0 radical (unpaired) electrons. The van der Waals surface area contributed by atoms with Gasteiger partial charge in [-0.15, -0.1) is 29.7 Å². The van der Waals surface area contributed by atoms with Gasteiger partial charge < -0.3 is 4.74 Å². The van der Waals surface area contributed by atoms with Crippen LogP contribution >= 0.6 is 0 Å². The number of rotatable bonds is 1. The molecular weight excluding hydrogens is 335 g/mol. The van der Waals surface area contributed by atoms with Crippen LogP contribution in [-0.2, 0) is 32.6 Å². The summed E-state index contributed by atoms with van der Waals surface area (Å²) in [4.78, 5) is 0. The standard InChI is InChI=1S/C14H11O.C5H5.Zr/c1-15-12-7-6-11-8-10-4-2-3-5-13(10)14(11)9-12;1-2-4-5-3-1;/h2-5,7,9H,8H2,1H3;1-3H,4H2;/q2*-1;+2. The number of hydrogen-bond donors (Lipinski definition) is 0. The third-order valence-electron chi connectivity index (χ3n) is 3.50. The Morgan fingerprint density at radius 3 is 2.67 bits per heavy atom. The van der Waals surface area contributed by atoms with Crippen LogP contribution in [0.15, 0.2) is 54.6 Å². The number of hydrogen-bond acceptors (Lipinski definition) is 1. The molecule has 0 N–H and O–H groups in total. The number of ether oxygens (including phenoxy) is 1. The van der Waals surface area contributed by atoms with Crippen molar-refractivity contribution >= 4 is 0 Å². The molecule has 2 aliphatic carbocycles. The van der Waals surface area contributed by atoms with Gasteiger partial charge in [0.05, 0.1) is 7.11 Å². The van der Waals surface area contributed by atoms with Gasteiger partial charge in [0, 0.05) is 5.75 Å². The van der Waals surface area contributed by atoms with E-state index in [1.807, 2.05) is 18.2 Å². The Morgan fingerprint density at radius 1 is 1.14 bits per heavy atom. The molecule has 0 aromatic heterocycles. The second-order valence-electron chi connectivity index (χ2n) is 4.77. The van der Waals surface area contributed by atoms with E-state index >= 15 is 0 Å². The summed E-state index contributed by atoms with van der Waals surface area (Å²) in [5.74, 6) is 0.880. The summed E-state index contributed by atoms with van der Waals surface area (Å²) in [6.45, 7) is 0. The largest absolute Gasteiger partial charge is 2.00 e. The Bertz CT molecular complexity index is 661. The van der Waals surface area contributed by atoms with Crippen LogP contribution in [0.4, 0.5) is 0 Å². The van der Waals surface area contributed by atoms with Crippen LogP contribution in [0.3, 0.4) is 0 Å². The summed E-state index contributed by atoms with van der Waals surface area (Å²) < 4.78 is 5.22. The first-order chi connectivity index (χ1) is 9.88. The Hall–Kier alpha value is -1.40. The van der Waals surface area contributed by atoms with Gasteiger partial charge in [-0.1, -0.05) is 35.4 Å². The van der Waals surface area contributed by atoms with Gasteiger partial charge in [-0.05, 0) is 6.42 Å². The van der Waals surface area contributed by atoms with Gasteiger partial charge in [0.15, 0.2) is 0 Å². The molecular formula is C19H16OZr. The quantitative estimate of drug-likeness (QED) is 0.592. The SMILES string of the molecule is COc1c[c-]c2c(c1)-c1ccccc1C2.[C-]1=CC=CC1.[Zr+2]. The maximum absolute atomic E-state index is 5.22. The van der Waals surface area contributed by atoms with Crippen molar-refractivity contribution in [2.45, 2.75) is 12.8 Å². The van der Waals surface area contributed by atoms with E-state index in [-0.39, 0.29) is 26.2 Å². The second kappa shape index (κ2) is 7.57. The van der Waals surface area contributed by atoms with Gasteiger partial charge in [-0.2, -0.15) is 12.1 Å². The minimum atomic E-state index is 0. The Morgan fingerprint density at radius 2 is 2.00 bits per heavy atom. The van der Waals surface area contributed by atoms with Crippen LogP contribution in [0.2, 0.25) is 0 Å². The molecule has 0 amide bonds. The van der Waals surface area contributed by atoms with Crippen LogP contribution in [0.5, 0.6) is 5.75 Å². The van der Waals surface area contributed by atoms with Crippen molar-refractivity contribution in [3.05, 3.63) is 77.9 Å². The smallest absolute Gasteiger partial charge is 0.554 e. The normalized spacial score (nSPS) is 12.8. The third kappa shape index (κ3) is 3.63. The van der Waals surface area contributed by atoms with Crippen molar-refractivity contribution in [1.29, 1.82) is 0 Å². The van der Waals surface area contributed by atoms with Crippen molar-refractivity contribution in [3.63, 3.8) is 0 Å². The van der Waals surface area contributed by atoms with E-state index in [0.717, 1.165) is 18.6 Å². The summed E-state index contributed by atoms with van der Waals surface area (Å²) in [7, 11) is 1.69. The molecule has 0 saturated carbocycles. The Labute approximate surface area is 145 Å². The molecule has 0 aliphatic heterocycles. The molecule has 2 aromatic carbocycles. The fourth-order valence-electron chi connectivity index (χ4n) is 2.48. The maximum atomic E-state index is 5.22. The maximum Gasteiger partial charge on any atom is 2.00 e. The van der Waals surface area contributed by atoms with Crippen molar-refractivity contribution in [3.8, 4) is 16.9 Å². The number of allylic oxidation sites excluding steroid dienone is 4. The summed E-state index contributed by atoms with van der Waals surface area (Å²) in [5.41, 5.74) is 5.25.